The van der Waals surface area contributed by atoms with E-state index in [-0.39, 0.29) is 0 Å². The minimum Gasteiger partial charge on any atom is -0.127 e. The third kappa shape index (κ3) is 3.45. The Morgan fingerprint density at radius 2 is 1.14 bits per heavy atom. The van der Waals surface area contributed by atoms with Gasteiger partial charge in [-0.2, -0.15) is 0 Å². The molecule has 0 aliphatic heterocycles. The minimum absolute atomic E-state index is 0.383. The monoisotopic (exact) mass is 498 g/mol. The summed E-state index contributed by atoms with van der Waals surface area (Å²) in [6.07, 6.45) is 18.0. The molecule has 194 valence electrons. The molecule has 0 radical (unpaired) electrons. The minimum atomic E-state index is -1.35. The summed E-state index contributed by atoms with van der Waals surface area (Å²) in [6, 6.07) is 9.77. The van der Waals surface area contributed by atoms with Gasteiger partial charge >= 0.3 is 0 Å². The molecule has 0 aromatic heterocycles. The Hall–Kier alpha value is -1.00. The van der Waals surface area contributed by atoms with Crippen LogP contribution in [-0.2, 0) is 5.41 Å². The van der Waals surface area contributed by atoms with E-state index in [0.717, 1.165) is 5.92 Å². The number of rotatable bonds is 2. The van der Waals surface area contributed by atoms with Gasteiger partial charge in [0.2, 0.25) is 0 Å². The average Bonchev–Trinajstić information content (AvgIpc) is 2.67. The van der Waals surface area contributed by atoms with Crippen LogP contribution in [-0.4, -0.2) is 8.07 Å². The van der Waals surface area contributed by atoms with Crippen LogP contribution >= 0.6 is 0 Å². The van der Waals surface area contributed by atoms with E-state index in [1.54, 1.807) is 24.8 Å². The standard InChI is InChI=1S/C35H50Si/c1-29-14-27-15-30(2,17-29)22-34(16-27,21-29)35-23-31(3)18-32(4,24-35)20-33(19-31,25-35)28-10-8-26(9-11-28)12-13-36(5,6)7/h8-11,27H,14-25H2,1-7H3. The maximum absolute atomic E-state index is 3.58. The molecule has 4 unspecified atom stereocenters. The number of benzene rings is 1. The quantitative estimate of drug-likeness (QED) is 0.281. The molecule has 0 N–H and O–H groups in total. The van der Waals surface area contributed by atoms with Crippen LogP contribution in [0.1, 0.15) is 116 Å². The van der Waals surface area contributed by atoms with Crippen molar-refractivity contribution in [3.05, 3.63) is 35.4 Å². The average molecular weight is 499 g/mol. The summed E-state index contributed by atoms with van der Waals surface area (Å²) in [6.45, 7) is 17.9. The molecule has 1 aromatic rings. The van der Waals surface area contributed by atoms with Gasteiger partial charge in [-0.05, 0) is 139 Å². The van der Waals surface area contributed by atoms with Gasteiger partial charge in [0.1, 0.15) is 8.07 Å². The Morgan fingerprint density at radius 1 is 0.611 bits per heavy atom. The molecule has 0 saturated heterocycles. The summed E-state index contributed by atoms with van der Waals surface area (Å²) in [4.78, 5) is 0. The molecule has 0 heterocycles. The lowest BCUT2D eigenvalue weighted by Crippen LogP contribution is -2.69. The molecule has 8 aliphatic rings. The van der Waals surface area contributed by atoms with Gasteiger partial charge in [-0.15, -0.1) is 5.54 Å². The Labute approximate surface area is 222 Å². The molecule has 0 spiro atoms. The second kappa shape index (κ2) is 6.76. The lowest BCUT2D eigenvalue weighted by molar-refractivity contribution is -0.270. The summed E-state index contributed by atoms with van der Waals surface area (Å²) >= 11 is 0. The van der Waals surface area contributed by atoms with Crippen molar-refractivity contribution in [1.29, 1.82) is 0 Å². The van der Waals surface area contributed by atoms with Crippen molar-refractivity contribution >= 4 is 8.07 Å². The van der Waals surface area contributed by atoms with Gasteiger partial charge in [0.05, 0.1) is 0 Å². The van der Waals surface area contributed by atoms with E-state index in [9.17, 15) is 0 Å². The first kappa shape index (κ1) is 24.1. The normalized spacial score (nSPS) is 52.4. The van der Waals surface area contributed by atoms with Crippen molar-refractivity contribution in [2.75, 3.05) is 0 Å². The highest BCUT2D eigenvalue weighted by Crippen LogP contribution is 2.83. The molecule has 4 atom stereocenters. The summed E-state index contributed by atoms with van der Waals surface area (Å²) in [7, 11) is -1.35. The van der Waals surface area contributed by atoms with Crippen molar-refractivity contribution in [3.63, 3.8) is 0 Å². The van der Waals surface area contributed by atoms with Gasteiger partial charge in [0, 0.05) is 5.56 Å². The van der Waals surface area contributed by atoms with Crippen molar-refractivity contribution < 1.29 is 0 Å². The van der Waals surface area contributed by atoms with Crippen molar-refractivity contribution in [1.82, 2.24) is 0 Å². The molecule has 8 aliphatic carbocycles. The summed E-state index contributed by atoms with van der Waals surface area (Å²) in [5, 5.41) is 0. The smallest absolute Gasteiger partial charge is 0.127 e. The summed E-state index contributed by atoms with van der Waals surface area (Å²) in [5.41, 5.74) is 10.3. The Kier molecular flexibility index (Phi) is 4.52. The third-order valence-electron chi connectivity index (χ3n) is 12.4. The van der Waals surface area contributed by atoms with E-state index in [4.69, 9.17) is 0 Å². The maximum atomic E-state index is 3.58. The lowest BCUT2D eigenvalue weighted by Gasteiger charge is -2.78. The molecule has 0 nitrogen and oxygen atoms in total. The molecular formula is C35H50Si. The van der Waals surface area contributed by atoms with Gasteiger partial charge in [-0.3, -0.25) is 0 Å². The highest BCUT2D eigenvalue weighted by atomic mass is 28.3. The zero-order valence-corrected chi connectivity index (χ0v) is 25.4. The molecule has 1 heteroatoms. The third-order valence-corrected chi connectivity index (χ3v) is 13.3. The predicted molar refractivity (Wildman–Crippen MR) is 155 cm³/mol. The predicted octanol–water partition coefficient (Wildman–Crippen LogP) is 9.53. The van der Waals surface area contributed by atoms with E-state index in [2.05, 4.69) is 83.1 Å². The lowest BCUT2D eigenvalue weighted by atomic mass is 9.26. The van der Waals surface area contributed by atoms with E-state index in [1.165, 1.54) is 63.4 Å². The largest absolute Gasteiger partial charge is 0.129 e. The van der Waals surface area contributed by atoms with Gasteiger partial charge in [0.15, 0.2) is 0 Å². The Morgan fingerprint density at radius 3 is 1.67 bits per heavy atom. The summed E-state index contributed by atoms with van der Waals surface area (Å²) in [5.74, 6) is 4.52. The van der Waals surface area contributed by atoms with Gasteiger partial charge in [0.25, 0.3) is 0 Å². The van der Waals surface area contributed by atoms with Crippen LogP contribution in [0.2, 0.25) is 19.6 Å². The van der Waals surface area contributed by atoms with Crippen molar-refractivity contribution in [3.8, 4) is 11.5 Å². The Bertz CT molecular complexity index is 1130. The van der Waals surface area contributed by atoms with Crippen LogP contribution in [0.4, 0.5) is 0 Å². The fourth-order valence-electron chi connectivity index (χ4n) is 13.8. The van der Waals surface area contributed by atoms with Crippen LogP contribution in [0.25, 0.3) is 0 Å². The summed E-state index contributed by atoms with van der Waals surface area (Å²) < 4.78 is 0. The van der Waals surface area contributed by atoms with Gasteiger partial charge in [-0.1, -0.05) is 65.4 Å². The van der Waals surface area contributed by atoms with Gasteiger partial charge < -0.3 is 0 Å². The Balaban J connectivity index is 1.31. The molecule has 36 heavy (non-hydrogen) atoms. The zero-order valence-electron chi connectivity index (χ0n) is 24.4. The first-order valence-electron chi connectivity index (χ1n) is 15.2. The highest BCUT2D eigenvalue weighted by molar-refractivity contribution is 6.83. The first-order chi connectivity index (χ1) is 16.6. The second-order valence-corrected chi connectivity index (χ2v) is 23.0. The fourth-order valence-corrected chi connectivity index (χ4v) is 14.3. The van der Waals surface area contributed by atoms with Crippen LogP contribution < -0.4 is 0 Å². The molecule has 8 fully saturated rings. The molecular weight excluding hydrogens is 448 g/mol. The first-order valence-corrected chi connectivity index (χ1v) is 18.7. The molecule has 1 aromatic carbocycles. The SMILES string of the molecule is CC12CC3CC(C)(C1)CC(C14CC5(C)CC(C)(CC(c6ccc(C#C[Si](C)(C)C)cc6)(C5)C1)C4)(C3)C2. The van der Waals surface area contributed by atoms with Crippen LogP contribution in [0.15, 0.2) is 24.3 Å². The fraction of sp³-hybridized carbons (Fsp3) is 0.771. The maximum Gasteiger partial charge on any atom is 0.129 e. The van der Waals surface area contributed by atoms with E-state index < -0.39 is 8.07 Å². The molecule has 8 saturated carbocycles. The van der Waals surface area contributed by atoms with Crippen LogP contribution in [0, 0.1) is 49.9 Å². The van der Waals surface area contributed by atoms with E-state index >= 15 is 0 Å². The molecule has 8 bridgehead atoms. The van der Waals surface area contributed by atoms with Crippen molar-refractivity contribution in [2.45, 2.75) is 130 Å². The zero-order chi connectivity index (χ0) is 25.5. The van der Waals surface area contributed by atoms with Crippen LogP contribution in [0.3, 0.4) is 0 Å². The highest BCUT2D eigenvalue weighted by Gasteiger charge is 2.74. The number of hydrogen-bond donors (Lipinski definition) is 0. The van der Waals surface area contributed by atoms with Crippen molar-refractivity contribution in [2.24, 2.45) is 38.4 Å². The van der Waals surface area contributed by atoms with E-state index in [0.29, 0.717) is 37.9 Å². The molecule has 9 rings (SSSR count). The topological polar surface area (TPSA) is 0 Å². The number of hydrogen-bond acceptors (Lipinski definition) is 0. The van der Waals surface area contributed by atoms with Crippen LogP contribution in [0.5, 0.6) is 0 Å². The van der Waals surface area contributed by atoms with E-state index in [1.807, 2.05) is 0 Å². The molecule has 0 amide bonds. The second-order valence-electron chi connectivity index (χ2n) is 18.2. The van der Waals surface area contributed by atoms with Gasteiger partial charge in [-0.25, -0.2) is 0 Å².